The fraction of sp³-hybridized carbons (Fsp3) is 0.0769. The number of pyridine rings is 1. The lowest BCUT2D eigenvalue weighted by atomic mass is 10.0. The summed E-state index contributed by atoms with van der Waals surface area (Å²) in [5.41, 5.74) is 0.240. The van der Waals surface area contributed by atoms with Gasteiger partial charge in [0.15, 0.2) is 0 Å². The number of ether oxygens (including phenoxy) is 1. The van der Waals surface area contributed by atoms with Gasteiger partial charge in [-0.1, -0.05) is 29.8 Å². The second-order valence-electron chi connectivity index (χ2n) is 3.71. The topological polar surface area (TPSA) is 45.9 Å². The van der Waals surface area contributed by atoms with E-state index in [1.165, 1.54) is 30.5 Å². The van der Waals surface area contributed by atoms with E-state index in [4.69, 9.17) is 16.9 Å². The Morgan fingerprint density at radius 3 is 2.55 bits per heavy atom. The normalized spacial score (nSPS) is 10.9. The molecule has 2 aromatic rings. The summed E-state index contributed by atoms with van der Waals surface area (Å²) in [5, 5.41) is 9.18. The maximum Gasteiger partial charge on any atom is 0.573 e. The van der Waals surface area contributed by atoms with Gasteiger partial charge < -0.3 is 4.74 Å². The van der Waals surface area contributed by atoms with Crippen molar-refractivity contribution in [3.63, 3.8) is 0 Å². The standard InChI is InChI=1S/C13H6ClF3N2O/c14-8-5-10(11(6-18)19-7-8)9-3-1-2-4-12(9)20-13(15,16)17/h1-5,7H. The van der Waals surface area contributed by atoms with E-state index in [0.717, 1.165) is 6.07 Å². The summed E-state index contributed by atoms with van der Waals surface area (Å²) >= 11 is 5.77. The minimum Gasteiger partial charge on any atom is -0.405 e. The van der Waals surface area contributed by atoms with Gasteiger partial charge in [0.1, 0.15) is 17.5 Å². The molecule has 1 aromatic heterocycles. The molecule has 7 heteroatoms. The van der Waals surface area contributed by atoms with Crippen molar-refractivity contribution < 1.29 is 17.9 Å². The van der Waals surface area contributed by atoms with E-state index in [2.05, 4.69) is 9.72 Å². The van der Waals surface area contributed by atoms with Gasteiger partial charge in [-0.3, -0.25) is 0 Å². The van der Waals surface area contributed by atoms with Crippen LogP contribution in [0.2, 0.25) is 5.02 Å². The molecule has 0 aliphatic heterocycles. The molecule has 0 spiro atoms. The Hall–Kier alpha value is -2.26. The zero-order chi connectivity index (χ0) is 14.8. The Bertz CT molecular complexity index is 680. The number of nitrogens with zero attached hydrogens (tertiary/aromatic N) is 2. The minimum absolute atomic E-state index is 0.0346. The monoisotopic (exact) mass is 298 g/mol. The van der Waals surface area contributed by atoms with E-state index in [-0.39, 0.29) is 21.8 Å². The molecule has 0 atom stereocenters. The van der Waals surface area contributed by atoms with Crippen LogP contribution in [0.25, 0.3) is 11.1 Å². The first-order valence-corrected chi connectivity index (χ1v) is 5.69. The second kappa shape index (κ2) is 5.39. The van der Waals surface area contributed by atoms with E-state index >= 15 is 0 Å². The Balaban J connectivity index is 2.59. The van der Waals surface area contributed by atoms with Gasteiger partial charge in [0.25, 0.3) is 0 Å². The lowest BCUT2D eigenvalue weighted by Gasteiger charge is -2.13. The molecule has 0 unspecified atom stereocenters. The summed E-state index contributed by atoms with van der Waals surface area (Å²) in [7, 11) is 0. The Morgan fingerprint density at radius 1 is 1.20 bits per heavy atom. The lowest BCUT2D eigenvalue weighted by molar-refractivity contribution is -0.274. The SMILES string of the molecule is N#Cc1ncc(Cl)cc1-c1ccccc1OC(F)(F)F. The van der Waals surface area contributed by atoms with E-state index in [9.17, 15) is 13.2 Å². The van der Waals surface area contributed by atoms with Crippen LogP contribution in [-0.2, 0) is 0 Å². The second-order valence-corrected chi connectivity index (χ2v) is 4.14. The number of hydrogen-bond donors (Lipinski definition) is 0. The predicted octanol–water partition coefficient (Wildman–Crippen LogP) is 4.17. The minimum atomic E-state index is -4.82. The van der Waals surface area contributed by atoms with Gasteiger partial charge in [-0.15, -0.1) is 13.2 Å². The average Bonchev–Trinajstić information content (AvgIpc) is 2.37. The van der Waals surface area contributed by atoms with Gasteiger partial charge in [-0.05, 0) is 12.1 Å². The van der Waals surface area contributed by atoms with Gasteiger partial charge in [0.05, 0.1) is 5.02 Å². The largest absolute Gasteiger partial charge is 0.573 e. The Kier molecular flexibility index (Phi) is 3.81. The van der Waals surface area contributed by atoms with Crippen molar-refractivity contribution in [2.24, 2.45) is 0 Å². The highest BCUT2D eigenvalue weighted by Crippen LogP contribution is 2.35. The molecular weight excluding hydrogens is 293 g/mol. The highest BCUT2D eigenvalue weighted by atomic mass is 35.5. The molecule has 0 radical (unpaired) electrons. The Labute approximate surface area is 117 Å². The number of rotatable bonds is 2. The highest BCUT2D eigenvalue weighted by Gasteiger charge is 2.32. The van der Waals surface area contributed by atoms with Crippen molar-refractivity contribution in [2.75, 3.05) is 0 Å². The third-order valence-electron chi connectivity index (χ3n) is 2.36. The van der Waals surface area contributed by atoms with E-state index in [1.54, 1.807) is 6.07 Å². The van der Waals surface area contributed by atoms with Crippen molar-refractivity contribution >= 4 is 11.6 Å². The number of halogens is 4. The molecular formula is C13H6ClF3N2O. The molecule has 0 saturated heterocycles. The van der Waals surface area contributed by atoms with Crippen LogP contribution in [-0.4, -0.2) is 11.3 Å². The van der Waals surface area contributed by atoms with E-state index in [0.29, 0.717) is 0 Å². The van der Waals surface area contributed by atoms with Crippen molar-refractivity contribution in [3.05, 3.63) is 47.2 Å². The van der Waals surface area contributed by atoms with E-state index in [1.807, 2.05) is 0 Å². The molecule has 20 heavy (non-hydrogen) atoms. The third kappa shape index (κ3) is 3.19. The molecule has 1 heterocycles. The van der Waals surface area contributed by atoms with Crippen LogP contribution in [0.15, 0.2) is 36.5 Å². The lowest BCUT2D eigenvalue weighted by Crippen LogP contribution is -2.17. The average molecular weight is 299 g/mol. The third-order valence-corrected chi connectivity index (χ3v) is 2.57. The van der Waals surface area contributed by atoms with Gasteiger partial charge >= 0.3 is 6.36 Å². The maximum absolute atomic E-state index is 12.4. The van der Waals surface area contributed by atoms with Crippen LogP contribution < -0.4 is 4.74 Å². The van der Waals surface area contributed by atoms with Gasteiger partial charge in [-0.25, -0.2) is 4.98 Å². The molecule has 0 amide bonds. The molecule has 1 aromatic carbocycles. The number of alkyl halides is 3. The zero-order valence-corrected chi connectivity index (χ0v) is 10.5. The quantitative estimate of drug-likeness (QED) is 0.836. The predicted molar refractivity (Wildman–Crippen MR) is 66.1 cm³/mol. The van der Waals surface area contributed by atoms with Crippen molar-refractivity contribution in [2.45, 2.75) is 6.36 Å². The van der Waals surface area contributed by atoms with Crippen LogP contribution in [0.1, 0.15) is 5.69 Å². The molecule has 0 saturated carbocycles. The summed E-state index contributed by atoms with van der Waals surface area (Å²) < 4.78 is 41.1. The summed E-state index contributed by atoms with van der Waals surface area (Å²) in [5.74, 6) is -0.416. The number of benzene rings is 1. The smallest absolute Gasteiger partial charge is 0.405 e. The maximum atomic E-state index is 12.4. The van der Waals surface area contributed by atoms with Crippen LogP contribution in [0.3, 0.4) is 0 Å². The fourth-order valence-corrected chi connectivity index (χ4v) is 1.79. The highest BCUT2D eigenvalue weighted by molar-refractivity contribution is 6.30. The summed E-state index contributed by atoms with van der Waals surface area (Å²) in [6, 6.07) is 8.65. The van der Waals surface area contributed by atoms with Crippen LogP contribution in [0.5, 0.6) is 5.75 Å². The summed E-state index contributed by atoms with van der Waals surface area (Å²) in [6.45, 7) is 0. The van der Waals surface area contributed by atoms with Gasteiger partial charge in [0.2, 0.25) is 0 Å². The van der Waals surface area contributed by atoms with Crippen molar-refractivity contribution in [1.82, 2.24) is 4.98 Å². The summed E-state index contributed by atoms with van der Waals surface area (Å²) in [4.78, 5) is 3.78. The molecule has 0 bridgehead atoms. The Morgan fingerprint density at radius 2 is 1.90 bits per heavy atom. The first kappa shape index (κ1) is 14.2. The molecule has 0 N–H and O–H groups in total. The first-order valence-electron chi connectivity index (χ1n) is 5.31. The zero-order valence-electron chi connectivity index (χ0n) is 9.78. The number of aromatic nitrogens is 1. The molecule has 0 aliphatic rings. The van der Waals surface area contributed by atoms with Crippen LogP contribution in [0.4, 0.5) is 13.2 Å². The van der Waals surface area contributed by atoms with Crippen molar-refractivity contribution in [3.8, 4) is 22.9 Å². The first-order chi connectivity index (χ1) is 9.40. The fourth-order valence-electron chi connectivity index (χ4n) is 1.64. The molecule has 2 rings (SSSR count). The molecule has 0 fully saturated rings. The van der Waals surface area contributed by atoms with Gasteiger partial charge in [-0.2, -0.15) is 5.26 Å². The van der Waals surface area contributed by atoms with Gasteiger partial charge in [0, 0.05) is 17.3 Å². The molecule has 0 aliphatic carbocycles. The van der Waals surface area contributed by atoms with E-state index < -0.39 is 12.1 Å². The van der Waals surface area contributed by atoms with Crippen LogP contribution >= 0.6 is 11.6 Å². The number of nitriles is 1. The van der Waals surface area contributed by atoms with Crippen LogP contribution in [0, 0.1) is 11.3 Å². The molecule has 102 valence electrons. The molecule has 3 nitrogen and oxygen atoms in total. The number of para-hydroxylation sites is 1. The number of hydrogen-bond acceptors (Lipinski definition) is 3. The van der Waals surface area contributed by atoms with Crippen molar-refractivity contribution in [1.29, 1.82) is 5.26 Å². The summed E-state index contributed by atoms with van der Waals surface area (Å²) in [6.07, 6.45) is -3.58.